The van der Waals surface area contributed by atoms with Gasteiger partial charge in [0, 0.05) is 9.90 Å². The topological polar surface area (TPSA) is 79.2 Å². The zero-order valence-electron chi connectivity index (χ0n) is 15.4. The second-order valence-electron chi connectivity index (χ2n) is 6.31. The summed E-state index contributed by atoms with van der Waals surface area (Å²) < 4.78 is 5.19. The summed E-state index contributed by atoms with van der Waals surface area (Å²) in [5.74, 6) is -0.987. The molecule has 1 aromatic heterocycles. The van der Waals surface area contributed by atoms with E-state index in [1.165, 1.54) is 17.4 Å². The highest BCUT2D eigenvalue weighted by atomic mass is 35.5. The molecule has 0 unspecified atom stereocenters. The lowest BCUT2D eigenvalue weighted by molar-refractivity contribution is -0.112. The molecular weight excluding hydrogens is 396 g/mol. The van der Waals surface area contributed by atoms with Crippen LogP contribution >= 0.6 is 22.9 Å². The number of nitrogens with one attached hydrogen (secondary N) is 1. The van der Waals surface area contributed by atoms with Gasteiger partial charge in [-0.1, -0.05) is 23.7 Å². The molecule has 7 heteroatoms. The van der Waals surface area contributed by atoms with E-state index in [0.717, 1.165) is 36.1 Å². The number of carbonyl (C=O) groups excluding carboxylic acids is 2. The fraction of sp³-hybridized carbons (Fsp3) is 0.286. The minimum atomic E-state index is -0.554. The monoisotopic (exact) mass is 414 g/mol. The van der Waals surface area contributed by atoms with E-state index in [1.807, 2.05) is 6.07 Å². The molecule has 1 heterocycles. The van der Waals surface area contributed by atoms with E-state index in [1.54, 1.807) is 31.2 Å². The molecule has 0 aliphatic heterocycles. The van der Waals surface area contributed by atoms with E-state index in [9.17, 15) is 14.9 Å². The van der Waals surface area contributed by atoms with E-state index in [-0.39, 0.29) is 12.2 Å². The van der Waals surface area contributed by atoms with Gasteiger partial charge in [0.05, 0.1) is 12.2 Å². The Morgan fingerprint density at radius 1 is 1.29 bits per heavy atom. The van der Waals surface area contributed by atoms with E-state index < -0.39 is 11.9 Å². The first kappa shape index (κ1) is 20.1. The van der Waals surface area contributed by atoms with Crippen molar-refractivity contribution in [1.82, 2.24) is 0 Å². The van der Waals surface area contributed by atoms with Crippen LogP contribution in [0.25, 0.3) is 6.08 Å². The molecule has 1 N–H and O–H groups in total. The number of esters is 1. The lowest BCUT2D eigenvalue weighted by Crippen LogP contribution is -2.16. The zero-order valence-corrected chi connectivity index (χ0v) is 17.0. The van der Waals surface area contributed by atoms with Crippen LogP contribution in [0.5, 0.6) is 0 Å². The third-order valence-corrected chi connectivity index (χ3v) is 5.88. The second-order valence-corrected chi connectivity index (χ2v) is 7.85. The van der Waals surface area contributed by atoms with Crippen molar-refractivity contribution in [3.63, 3.8) is 0 Å². The van der Waals surface area contributed by atoms with Gasteiger partial charge in [-0.05, 0) is 61.9 Å². The number of nitrogens with zero attached hydrogens (tertiary/aromatic N) is 1. The molecule has 0 saturated carbocycles. The predicted molar refractivity (Wildman–Crippen MR) is 111 cm³/mol. The van der Waals surface area contributed by atoms with Crippen molar-refractivity contribution >= 4 is 45.9 Å². The maximum absolute atomic E-state index is 12.7. The predicted octanol–water partition coefficient (Wildman–Crippen LogP) is 5.00. The normalized spacial score (nSPS) is 13.4. The van der Waals surface area contributed by atoms with Gasteiger partial charge >= 0.3 is 5.97 Å². The van der Waals surface area contributed by atoms with Gasteiger partial charge in [-0.3, -0.25) is 4.79 Å². The highest BCUT2D eigenvalue weighted by Crippen LogP contribution is 2.38. The third-order valence-electron chi connectivity index (χ3n) is 4.42. The van der Waals surface area contributed by atoms with E-state index in [4.69, 9.17) is 16.3 Å². The van der Waals surface area contributed by atoms with Gasteiger partial charge in [0.2, 0.25) is 0 Å². The standard InChI is InChI=1S/C21H19ClN2O3S/c1-2-27-21(26)18-16-5-3-4-6-17(16)28-20(18)24-19(25)14(12-23)11-13-7-9-15(22)10-8-13/h7-11H,2-6H2,1H3,(H,24,25). The van der Waals surface area contributed by atoms with Crippen molar-refractivity contribution in [2.24, 2.45) is 0 Å². The number of nitriles is 1. The molecule has 0 fully saturated rings. The van der Waals surface area contributed by atoms with Crippen molar-refractivity contribution < 1.29 is 14.3 Å². The van der Waals surface area contributed by atoms with Gasteiger partial charge in [-0.15, -0.1) is 11.3 Å². The number of amides is 1. The number of benzene rings is 1. The Kier molecular flexibility index (Phi) is 6.50. The van der Waals surface area contributed by atoms with Crippen LogP contribution in [0.4, 0.5) is 5.00 Å². The van der Waals surface area contributed by atoms with Crippen LogP contribution < -0.4 is 5.32 Å². The molecule has 0 spiro atoms. The summed E-state index contributed by atoms with van der Waals surface area (Å²) in [5, 5.41) is 13.2. The molecule has 0 atom stereocenters. The first-order valence-corrected chi connectivity index (χ1v) is 10.2. The number of ether oxygens (including phenoxy) is 1. The number of thiophene rings is 1. The Morgan fingerprint density at radius 2 is 2.00 bits per heavy atom. The molecule has 3 rings (SSSR count). The van der Waals surface area contributed by atoms with Crippen LogP contribution in [-0.2, 0) is 22.4 Å². The van der Waals surface area contributed by atoms with E-state index in [0.29, 0.717) is 21.2 Å². The van der Waals surface area contributed by atoms with Gasteiger partial charge in [-0.2, -0.15) is 5.26 Å². The Hall–Kier alpha value is -2.62. The second kappa shape index (κ2) is 9.05. The number of hydrogen-bond acceptors (Lipinski definition) is 5. The molecule has 1 aliphatic carbocycles. The number of carbonyl (C=O) groups is 2. The van der Waals surface area contributed by atoms with Gasteiger partial charge in [0.25, 0.3) is 5.91 Å². The summed E-state index contributed by atoms with van der Waals surface area (Å²) in [6.45, 7) is 2.01. The van der Waals surface area contributed by atoms with Crippen molar-refractivity contribution in [3.05, 3.63) is 56.4 Å². The van der Waals surface area contributed by atoms with Gasteiger partial charge < -0.3 is 10.1 Å². The molecule has 0 saturated heterocycles. The van der Waals surface area contributed by atoms with Gasteiger partial charge in [0.15, 0.2) is 0 Å². The van der Waals surface area contributed by atoms with Crippen LogP contribution in [0, 0.1) is 11.3 Å². The number of fused-ring (bicyclic) bond motifs is 1. The summed E-state index contributed by atoms with van der Waals surface area (Å²) in [5.41, 5.74) is 2.03. The SMILES string of the molecule is CCOC(=O)c1c(NC(=O)C(C#N)=Cc2ccc(Cl)cc2)sc2c1CCCC2. The molecular formula is C21H19ClN2O3S. The largest absolute Gasteiger partial charge is 0.462 e. The molecule has 28 heavy (non-hydrogen) atoms. The maximum Gasteiger partial charge on any atom is 0.341 e. The maximum atomic E-state index is 12.7. The summed E-state index contributed by atoms with van der Waals surface area (Å²) in [4.78, 5) is 26.3. The number of anilines is 1. The summed E-state index contributed by atoms with van der Waals surface area (Å²) >= 11 is 7.26. The van der Waals surface area contributed by atoms with Crippen LogP contribution in [0.1, 0.15) is 46.1 Å². The van der Waals surface area contributed by atoms with Crippen LogP contribution in [0.15, 0.2) is 29.8 Å². The lowest BCUT2D eigenvalue weighted by atomic mass is 9.95. The van der Waals surface area contributed by atoms with Crippen molar-refractivity contribution in [3.8, 4) is 6.07 Å². The molecule has 0 bridgehead atoms. The molecule has 0 radical (unpaired) electrons. The summed E-state index contributed by atoms with van der Waals surface area (Å²) in [7, 11) is 0. The Balaban J connectivity index is 1.90. The van der Waals surface area contributed by atoms with Crippen LogP contribution in [-0.4, -0.2) is 18.5 Å². The minimum absolute atomic E-state index is 0.0523. The minimum Gasteiger partial charge on any atom is -0.462 e. The average molecular weight is 415 g/mol. The van der Waals surface area contributed by atoms with Crippen LogP contribution in [0.2, 0.25) is 5.02 Å². The van der Waals surface area contributed by atoms with E-state index >= 15 is 0 Å². The van der Waals surface area contributed by atoms with Crippen molar-refractivity contribution in [2.45, 2.75) is 32.6 Å². The highest BCUT2D eigenvalue weighted by molar-refractivity contribution is 7.17. The van der Waals surface area contributed by atoms with E-state index in [2.05, 4.69) is 5.32 Å². The van der Waals surface area contributed by atoms with Gasteiger partial charge in [0.1, 0.15) is 16.6 Å². The zero-order chi connectivity index (χ0) is 20.1. The molecule has 1 aromatic carbocycles. The number of rotatable bonds is 5. The van der Waals surface area contributed by atoms with Crippen molar-refractivity contribution in [1.29, 1.82) is 5.26 Å². The molecule has 144 valence electrons. The number of hydrogen-bond donors (Lipinski definition) is 1. The summed E-state index contributed by atoms with van der Waals surface area (Å²) in [6, 6.07) is 8.75. The highest BCUT2D eigenvalue weighted by Gasteiger charge is 2.27. The number of halogens is 1. The molecule has 1 aliphatic rings. The van der Waals surface area contributed by atoms with Crippen molar-refractivity contribution in [2.75, 3.05) is 11.9 Å². The molecule has 1 amide bonds. The van der Waals surface area contributed by atoms with Crippen LogP contribution in [0.3, 0.4) is 0 Å². The smallest absolute Gasteiger partial charge is 0.341 e. The molecule has 2 aromatic rings. The molecule has 5 nitrogen and oxygen atoms in total. The first-order chi connectivity index (χ1) is 13.5. The Bertz CT molecular complexity index is 971. The fourth-order valence-electron chi connectivity index (χ4n) is 3.12. The third kappa shape index (κ3) is 4.44. The Morgan fingerprint density at radius 3 is 2.68 bits per heavy atom. The summed E-state index contributed by atoms with van der Waals surface area (Å²) in [6.07, 6.45) is 5.23. The quantitative estimate of drug-likeness (QED) is 0.424. The Labute approximate surface area is 172 Å². The van der Waals surface area contributed by atoms with Gasteiger partial charge in [-0.25, -0.2) is 4.79 Å². The first-order valence-electron chi connectivity index (χ1n) is 9.03. The number of aryl methyl sites for hydroxylation is 1. The lowest BCUT2D eigenvalue weighted by Gasteiger charge is -2.12. The average Bonchev–Trinajstić information content (AvgIpc) is 3.05. The fourth-order valence-corrected chi connectivity index (χ4v) is 4.52.